The first kappa shape index (κ1) is 16.2. The summed E-state index contributed by atoms with van der Waals surface area (Å²) >= 11 is 5.75. The Hall–Kier alpha value is -2.15. The molecule has 2 aromatic rings. The van der Waals surface area contributed by atoms with Gasteiger partial charge in [-0.3, -0.25) is 9.48 Å². The number of rotatable bonds is 5. The van der Waals surface area contributed by atoms with Crippen molar-refractivity contribution in [1.29, 1.82) is 0 Å². The minimum absolute atomic E-state index is 0.0888. The molecule has 1 atom stereocenters. The van der Waals surface area contributed by atoms with Crippen LogP contribution in [0.15, 0.2) is 30.6 Å². The van der Waals surface area contributed by atoms with Crippen molar-refractivity contribution in [2.24, 2.45) is 0 Å². The van der Waals surface area contributed by atoms with Crippen LogP contribution in [0.4, 0.5) is 14.5 Å². The van der Waals surface area contributed by atoms with Gasteiger partial charge in [-0.05, 0) is 31.5 Å². The highest BCUT2D eigenvalue weighted by molar-refractivity contribution is 6.30. The molecule has 0 aliphatic heterocycles. The van der Waals surface area contributed by atoms with E-state index in [1.54, 1.807) is 19.9 Å². The largest absolute Gasteiger partial charge is 0.433 e. The third-order valence-corrected chi connectivity index (χ3v) is 3.15. The van der Waals surface area contributed by atoms with Crippen molar-refractivity contribution in [3.8, 4) is 5.75 Å². The standard InChI is InChI=1S/C14H14ClF2N3O2/c1-8-3-4-11(12(5-8)22-14(16)17)19-13(21)9(2)20-7-10(15)6-18-20/h3-7,9,14H,1-2H3,(H,19,21). The summed E-state index contributed by atoms with van der Waals surface area (Å²) < 4.78 is 30.7. The van der Waals surface area contributed by atoms with Gasteiger partial charge in [0.05, 0.1) is 16.9 Å². The van der Waals surface area contributed by atoms with Gasteiger partial charge in [0.2, 0.25) is 5.91 Å². The van der Waals surface area contributed by atoms with Crippen molar-refractivity contribution in [2.75, 3.05) is 5.32 Å². The maximum Gasteiger partial charge on any atom is 0.387 e. The number of aryl methyl sites for hydroxylation is 1. The monoisotopic (exact) mass is 329 g/mol. The highest BCUT2D eigenvalue weighted by Gasteiger charge is 2.18. The van der Waals surface area contributed by atoms with Crippen LogP contribution in [0.1, 0.15) is 18.5 Å². The van der Waals surface area contributed by atoms with E-state index in [-0.39, 0.29) is 11.4 Å². The van der Waals surface area contributed by atoms with E-state index in [1.807, 2.05) is 0 Å². The summed E-state index contributed by atoms with van der Waals surface area (Å²) in [7, 11) is 0. The van der Waals surface area contributed by atoms with Crippen LogP contribution in [-0.4, -0.2) is 22.3 Å². The lowest BCUT2D eigenvalue weighted by atomic mass is 10.2. The van der Waals surface area contributed by atoms with Gasteiger partial charge in [-0.2, -0.15) is 13.9 Å². The van der Waals surface area contributed by atoms with Crippen molar-refractivity contribution in [3.63, 3.8) is 0 Å². The molecule has 0 saturated carbocycles. The molecule has 1 heterocycles. The van der Waals surface area contributed by atoms with E-state index in [0.29, 0.717) is 5.02 Å². The molecule has 0 aliphatic rings. The number of carbonyl (C=O) groups is 1. The highest BCUT2D eigenvalue weighted by Crippen LogP contribution is 2.28. The molecule has 1 aromatic carbocycles. The Morgan fingerprint density at radius 3 is 2.77 bits per heavy atom. The number of nitrogens with one attached hydrogen (secondary N) is 1. The number of alkyl halides is 2. The Bertz CT molecular complexity index is 676. The first-order chi connectivity index (χ1) is 10.4. The van der Waals surface area contributed by atoms with E-state index < -0.39 is 18.6 Å². The maximum atomic E-state index is 12.4. The van der Waals surface area contributed by atoms with Crippen molar-refractivity contribution >= 4 is 23.2 Å². The molecule has 0 radical (unpaired) electrons. The quantitative estimate of drug-likeness (QED) is 0.911. The lowest BCUT2D eigenvalue weighted by Gasteiger charge is -2.16. The van der Waals surface area contributed by atoms with Crippen LogP contribution in [0.3, 0.4) is 0 Å². The summed E-state index contributed by atoms with van der Waals surface area (Å²) in [6, 6.07) is 3.96. The SMILES string of the molecule is Cc1ccc(NC(=O)C(C)n2cc(Cl)cn2)c(OC(F)F)c1. The van der Waals surface area contributed by atoms with Gasteiger partial charge in [0.1, 0.15) is 11.8 Å². The third kappa shape index (κ3) is 3.94. The lowest BCUT2D eigenvalue weighted by molar-refractivity contribution is -0.119. The number of nitrogens with zero attached hydrogens (tertiary/aromatic N) is 2. The van der Waals surface area contributed by atoms with E-state index in [9.17, 15) is 13.6 Å². The predicted octanol–water partition coefficient (Wildman–Crippen LogP) is 3.65. The van der Waals surface area contributed by atoms with Crippen LogP contribution in [0.2, 0.25) is 5.02 Å². The Morgan fingerprint density at radius 2 is 2.18 bits per heavy atom. The zero-order valence-electron chi connectivity index (χ0n) is 11.9. The van der Waals surface area contributed by atoms with E-state index in [0.717, 1.165) is 5.56 Å². The summed E-state index contributed by atoms with van der Waals surface area (Å²) in [6.45, 7) is 0.374. The second kappa shape index (κ2) is 6.74. The van der Waals surface area contributed by atoms with Crippen molar-refractivity contribution in [3.05, 3.63) is 41.2 Å². The normalized spacial score (nSPS) is 12.3. The molecular weight excluding hydrogens is 316 g/mol. The van der Waals surface area contributed by atoms with Gasteiger partial charge in [-0.1, -0.05) is 17.7 Å². The third-order valence-electron chi connectivity index (χ3n) is 2.96. The van der Waals surface area contributed by atoms with Gasteiger partial charge < -0.3 is 10.1 Å². The first-order valence-corrected chi connectivity index (χ1v) is 6.80. The van der Waals surface area contributed by atoms with Crippen LogP contribution in [0, 0.1) is 6.92 Å². The number of benzene rings is 1. The van der Waals surface area contributed by atoms with Gasteiger partial charge in [-0.15, -0.1) is 0 Å². The molecule has 5 nitrogen and oxygen atoms in total. The highest BCUT2D eigenvalue weighted by atomic mass is 35.5. The molecule has 2 rings (SSSR count). The summed E-state index contributed by atoms with van der Waals surface area (Å²) in [5.74, 6) is -0.517. The number of carbonyl (C=O) groups excluding carboxylic acids is 1. The Balaban J connectivity index is 2.17. The summed E-state index contributed by atoms with van der Waals surface area (Å²) in [6.07, 6.45) is 2.90. The fourth-order valence-electron chi connectivity index (χ4n) is 1.81. The Morgan fingerprint density at radius 1 is 1.45 bits per heavy atom. The molecule has 22 heavy (non-hydrogen) atoms. The smallest absolute Gasteiger partial charge is 0.387 e. The first-order valence-electron chi connectivity index (χ1n) is 6.43. The molecule has 1 N–H and O–H groups in total. The molecule has 0 bridgehead atoms. The molecule has 1 aromatic heterocycles. The zero-order chi connectivity index (χ0) is 16.3. The minimum atomic E-state index is -2.97. The zero-order valence-corrected chi connectivity index (χ0v) is 12.6. The number of aromatic nitrogens is 2. The van der Waals surface area contributed by atoms with E-state index in [4.69, 9.17) is 11.6 Å². The minimum Gasteiger partial charge on any atom is -0.433 e. The molecule has 0 aliphatic carbocycles. The number of amides is 1. The van der Waals surface area contributed by atoms with Crippen LogP contribution in [0.25, 0.3) is 0 Å². The number of ether oxygens (including phenoxy) is 1. The maximum absolute atomic E-state index is 12.4. The van der Waals surface area contributed by atoms with Gasteiger partial charge in [0.15, 0.2) is 0 Å². The van der Waals surface area contributed by atoms with Crippen LogP contribution >= 0.6 is 11.6 Å². The van der Waals surface area contributed by atoms with Gasteiger partial charge in [-0.25, -0.2) is 0 Å². The second-order valence-electron chi connectivity index (χ2n) is 4.68. The topological polar surface area (TPSA) is 56.2 Å². The molecule has 0 fully saturated rings. The van der Waals surface area contributed by atoms with Crippen molar-refractivity contribution in [1.82, 2.24) is 9.78 Å². The summed E-state index contributed by atoms with van der Waals surface area (Å²) in [5.41, 5.74) is 0.904. The molecular formula is C14H14ClF2N3O2. The lowest BCUT2D eigenvalue weighted by Crippen LogP contribution is -2.24. The van der Waals surface area contributed by atoms with E-state index in [2.05, 4.69) is 15.2 Å². The molecule has 1 amide bonds. The number of halogens is 3. The van der Waals surface area contributed by atoms with Gasteiger partial charge in [0.25, 0.3) is 0 Å². The average molecular weight is 330 g/mol. The summed E-state index contributed by atoms with van der Waals surface area (Å²) in [4.78, 5) is 12.2. The molecule has 118 valence electrons. The predicted molar refractivity (Wildman–Crippen MR) is 78.4 cm³/mol. The molecule has 0 spiro atoms. The average Bonchev–Trinajstić information content (AvgIpc) is 2.87. The Kier molecular flexibility index (Phi) is 4.97. The van der Waals surface area contributed by atoms with Crippen LogP contribution in [0.5, 0.6) is 5.75 Å². The number of hydrogen-bond donors (Lipinski definition) is 1. The van der Waals surface area contributed by atoms with Crippen molar-refractivity contribution < 1.29 is 18.3 Å². The van der Waals surface area contributed by atoms with Crippen LogP contribution < -0.4 is 10.1 Å². The number of anilines is 1. The summed E-state index contributed by atoms with van der Waals surface area (Å²) in [5, 5.41) is 6.89. The molecule has 1 unspecified atom stereocenters. The van der Waals surface area contributed by atoms with E-state index in [1.165, 1.54) is 29.2 Å². The second-order valence-corrected chi connectivity index (χ2v) is 5.12. The van der Waals surface area contributed by atoms with Crippen LogP contribution in [-0.2, 0) is 4.79 Å². The van der Waals surface area contributed by atoms with Gasteiger partial charge in [0, 0.05) is 6.20 Å². The fraction of sp³-hybridized carbons (Fsp3) is 0.286. The molecule has 8 heteroatoms. The fourth-order valence-corrected chi connectivity index (χ4v) is 1.95. The Labute approximate surface area is 130 Å². The molecule has 0 saturated heterocycles. The van der Waals surface area contributed by atoms with E-state index >= 15 is 0 Å². The van der Waals surface area contributed by atoms with Gasteiger partial charge >= 0.3 is 6.61 Å². The van der Waals surface area contributed by atoms with Crippen molar-refractivity contribution in [2.45, 2.75) is 26.5 Å². The number of hydrogen-bond acceptors (Lipinski definition) is 3.